The number of amidine groups is 1. The first-order valence-electron chi connectivity index (χ1n) is 5.16. The second-order valence-corrected chi connectivity index (χ2v) is 3.53. The van der Waals surface area contributed by atoms with Gasteiger partial charge in [-0.15, -0.1) is 0 Å². The lowest BCUT2D eigenvalue weighted by Gasteiger charge is -2.04. The van der Waals surface area contributed by atoms with Crippen molar-refractivity contribution < 1.29 is 5.21 Å². The number of fused-ring (bicyclic) bond motifs is 1. The van der Waals surface area contributed by atoms with Gasteiger partial charge < -0.3 is 15.5 Å². The van der Waals surface area contributed by atoms with Crippen LogP contribution in [0.4, 0.5) is 0 Å². The smallest absolute Gasteiger partial charge is 0.146 e. The minimum atomic E-state index is 0.171. The number of hydrogen-bond acceptors (Lipinski definition) is 3. The Morgan fingerprint density at radius 1 is 1.50 bits per heavy atom. The first kappa shape index (κ1) is 10.5. The highest BCUT2D eigenvalue weighted by Gasteiger charge is 2.10. The molecule has 0 radical (unpaired) electrons. The topological polar surface area (TPSA) is 76.4 Å². The molecular formula is C11H14N4O. The third kappa shape index (κ3) is 1.71. The normalized spacial score (nSPS) is 12.2. The fourth-order valence-corrected chi connectivity index (χ4v) is 1.81. The van der Waals surface area contributed by atoms with Crippen LogP contribution in [0.5, 0.6) is 0 Å². The van der Waals surface area contributed by atoms with E-state index in [1.165, 1.54) is 0 Å². The standard InChI is InChI=1S/C11H14N4O/c1-2-15-9-6-4-3-5-8(9)13-11(15)7-10(12)14-16/h3-6,16H,2,7H2,1H3,(H2,12,14). The van der Waals surface area contributed by atoms with Crippen LogP contribution in [0.3, 0.4) is 0 Å². The molecule has 0 spiro atoms. The highest BCUT2D eigenvalue weighted by Crippen LogP contribution is 2.16. The van der Waals surface area contributed by atoms with E-state index in [0.717, 1.165) is 23.4 Å². The molecule has 0 aliphatic carbocycles. The van der Waals surface area contributed by atoms with E-state index in [1.54, 1.807) is 0 Å². The summed E-state index contributed by atoms with van der Waals surface area (Å²) < 4.78 is 2.06. The first-order chi connectivity index (χ1) is 7.76. The predicted octanol–water partition coefficient (Wildman–Crippen LogP) is 1.35. The SMILES string of the molecule is CCn1c(CC(N)=NO)nc2ccccc21. The van der Waals surface area contributed by atoms with Gasteiger partial charge in [-0.1, -0.05) is 17.3 Å². The Morgan fingerprint density at radius 3 is 2.94 bits per heavy atom. The quantitative estimate of drug-likeness (QED) is 0.353. The molecule has 16 heavy (non-hydrogen) atoms. The number of oxime groups is 1. The van der Waals surface area contributed by atoms with E-state index in [9.17, 15) is 0 Å². The Hall–Kier alpha value is -2.04. The van der Waals surface area contributed by atoms with Gasteiger partial charge in [0.15, 0.2) is 0 Å². The molecule has 2 rings (SSSR count). The number of aryl methyl sites for hydroxylation is 1. The minimum Gasteiger partial charge on any atom is -0.409 e. The maximum Gasteiger partial charge on any atom is 0.146 e. The van der Waals surface area contributed by atoms with Gasteiger partial charge in [-0.3, -0.25) is 0 Å². The number of aromatic nitrogens is 2. The fraction of sp³-hybridized carbons (Fsp3) is 0.273. The van der Waals surface area contributed by atoms with Crippen LogP contribution in [0.2, 0.25) is 0 Å². The number of hydrogen-bond donors (Lipinski definition) is 2. The second kappa shape index (κ2) is 4.22. The largest absolute Gasteiger partial charge is 0.409 e. The van der Waals surface area contributed by atoms with E-state index >= 15 is 0 Å². The van der Waals surface area contributed by atoms with Gasteiger partial charge in [-0.25, -0.2) is 4.98 Å². The fourth-order valence-electron chi connectivity index (χ4n) is 1.81. The molecule has 0 amide bonds. The summed E-state index contributed by atoms with van der Waals surface area (Å²) >= 11 is 0. The van der Waals surface area contributed by atoms with Crippen molar-refractivity contribution in [2.75, 3.05) is 0 Å². The van der Waals surface area contributed by atoms with E-state index in [-0.39, 0.29) is 5.84 Å². The number of nitrogens with two attached hydrogens (primary N) is 1. The summed E-state index contributed by atoms with van der Waals surface area (Å²) in [6.45, 7) is 2.86. The Morgan fingerprint density at radius 2 is 2.25 bits per heavy atom. The molecule has 0 aliphatic heterocycles. The molecule has 0 saturated heterocycles. The van der Waals surface area contributed by atoms with Crippen molar-refractivity contribution in [3.05, 3.63) is 30.1 Å². The molecule has 5 heteroatoms. The molecular weight excluding hydrogens is 204 g/mol. The molecule has 0 aliphatic rings. The van der Waals surface area contributed by atoms with Gasteiger partial charge in [-0.2, -0.15) is 0 Å². The summed E-state index contributed by atoms with van der Waals surface area (Å²) in [6, 6.07) is 7.89. The number of imidazole rings is 1. The summed E-state index contributed by atoms with van der Waals surface area (Å²) in [5.41, 5.74) is 7.51. The summed E-state index contributed by atoms with van der Waals surface area (Å²) in [4.78, 5) is 4.46. The van der Waals surface area contributed by atoms with Gasteiger partial charge in [0.25, 0.3) is 0 Å². The van der Waals surface area contributed by atoms with Gasteiger partial charge in [-0.05, 0) is 19.1 Å². The zero-order chi connectivity index (χ0) is 11.5. The number of rotatable bonds is 3. The van der Waals surface area contributed by atoms with Gasteiger partial charge in [0, 0.05) is 6.54 Å². The van der Waals surface area contributed by atoms with Crippen molar-refractivity contribution in [2.45, 2.75) is 19.9 Å². The monoisotopic (exact) mass is 218 g/mol. The van der Waals surface area contributed by atoms with Crippen molar-refractivity contribution in [1.29, 1.82) is 0 Å². The Labute approximate surface area is 93.2 Å². The highest BCUT2D eigenvalue weighted by molar-refractivity contribution is 5.83. The molecule has 5 nitrogen and oxygen atoms in total. The van der Waals surface area contributed by atoms with E-state index in [2.05, 4.69) is 14.7 Å². The maximum atomic E-state index is 8.56. The Kier molecular flexibility index (Phi) is 2.76. The molecule has 1 heterocycles. The lowest BCUT2D eigenvalue weighted by molar-refractivity contribution is 0.317. The summed E-state index contributed by atoms with van der Waals surface area (Å²) in [6.07, 6.45) is 0.360. The molecule has 0 fully saturated rings. The van der Waals surface area contributed by atoms with Gasteiger partial charge in [0.05, 0.1) is 17.5 Å². The van der Waals surface area contributed by atoms with E-state index in [4.69, 9.17) is 10.9 Å². The van der Waals surface area contributed by atoms with Crippen LogP contribution in [0, 0.1) is 0 Å². The predicted molar refractivity (Wildman–Crippen MR) is 62.5 cm³/mol. The van der Waals surface area contributed by atoms with Gasteiger partial charge in [0.2, 0.25) is 0 Å². The number of nitrogens with zero attached hydrogens (tertiary/aromatic N) is 3. The molecule has 0 bridgehead atoms. The van der Waals surface area contributed by atoms with E-state index in [0.29, 0.717) is 6.42 Å². The average Bonchev–Trinajstić information content (AvgIpc) is 2.65. The molecule has 0 unspecified atom stereocenters. The van der Waals surface area contributed by atoms with Crippen LogP contribution in [-0.4, -0.2) is 20.6 Å². The highest BCUT2D eigenvalue weighted by atomic mass is 16.4. The van der Waals surface area contributed by atoms with Crippen LogP contribution in [-0.2, 0) is 13.0 Å². The molecule has 1 aromatic heterocycles. The van der Waals surface area contributed by atoms with Crippen molar-refractivity contribution in [3.63, 3.8) is 0 Å². The molecule has 0 saturated carbocycles. The molecule has 3 N–H and O–H groups in total. The van der Waals surface area contributed by atoms with E-state index in [1.807, 2.05) is 31.2 Å². The second-order valence-electron chi connectivity index (χ2n) is 3.53. The van der Waals surface area contributed by atoms with Crippen molar-refractivity contribution >= 4 is 16.9 Å². The molecule has 84 valence electrons. The van der Waals surface area contributed by atoms with E-state index < -0.39 is 0 Å². The summed E-state index contributed by atoms with van der Waals surface area (Å²) in [5.74, 6) is 0.990. The first-order valence-corrected chi connectivity index (χ1v) is 5.16. The average molecular weight is 218 g/mol. The Bertz CT molecular complexity index is 530. The lowest BCUT2D eigenvalue weighted by atomic mass is 10.3. The van der Waals surface area contributed by atoms with Crippen LogP contribution >= 0.6 is 0 Å². The Balaban J connectivity index is 2.52. The minimum absolute atomic E-state index is 0.171. The van der Waals surface area contributed by atoms with Crippen molar-refractivity contribution in [2.24, 2.45) is 10.9 Å². The third-order valence-corrected chi connectivity index (χ3v) is 2.52. The number of benzene rings is 1. The molecule has 0 atom stereocenters. The van der Waals surface area contributed by atoms with Crippen LogP contribution in [0.1, 0.15) is 12.7 Å². The van der Waals surface area contributed by atoms with Crippen LogP contribution in [0.25, 0.3) is 11.0 Å². The lowest BCUT2D eigenvalue weighted by Crippen LogP contribution is -2.17. The van der Waals surface area contributed by atoms with Crippen molar-refractivity contribution in [3.8, 4) is 0 Å². The maximum absolute atomic E-state index is 8.56. The van der Waals surface area contributed by atoms with Crippen molar-refractivity contribution in [1.82, 2.24) is 9.55 Å². The zero-order valence-electron chi connectivity index (χ0n) is 9.09. The van der Waals surface area contributed by atoms with Gasteiger partial charge in [0.1, 0.15) is 11.7 Å². The molecule has 1 aromatic carbocycles. The zero-order valence-corrected chi connectivity index (χ0v) is 9.09. The summed E-state index contributed by atoms with van der Waals surface area (Å²) in [7, 11) is 0. The third-order valence-electron chi connectivity index (χ3n) is 2.52. The summed E-state index contributed by atoms with van der Waals surface area (Å²) in [5, 5.41) is 11.5. The van der Waals surface area contributed by atoms with Crippen LogP contribution in [0.15, 0.2) is 29.4 Å². The molecule has 2 aromatic rings. The van der Waals surface area contributed by atoms with Crippen LogP contribution < -0.4 is 5.73 Å². The number of para-hydroxylation sites is 2. The van der Waals surface area contributed by atoms with Gasteiger partial charge >= 0.3 is 0 Å².